The zero-order valence-electron chi connectivity index (χ0n) is 10.2. The van der Waals surface area contributed by atoms with Crippen molar-refractivity contribution in [3.8, 4) is 5.75 Å². The topological polar surface area (TPSA) is 44.8 Å². The molecule has 0 fully saturated rings. The van der Waals surface area contributed by atoms with Gasteiger partial charge in [0.15, 0.2) is 0 Å². The quantitative estimate of drug-likeness (QED) is 0.680. The molecule has 0 saturated carbocycles. The van der Waals surface area contributed by atoms with Gasteiger partial charge in [-0.3, -0.25) is 4.79 Å². The number of methoxy groups -OCH3 is 2. The van der Waals surface area contributed by atoms with Gasteiger partial charge in [-0.2, -0.15) is 0 Å². The van der Waals surface area contributed by atoms with E-state index in [9.17, 15) is 4.79 Å². The number of esters is 1. The smallest absolute Gasteiger partial charge is 0.312 e. The van der Waals surface area contributed by atoms with Crippen LogP contribution in [0.1, 0.15) is 6.42 Å². The first-order valence-electron chi connectivity index (χ1n) is 5.52. The number of ether oxygens (including phenoxy) is 3. The Morgan fingerprint density at radius 2 is 1.94 bits per heavy atom. The van der Waals surface area contributed by atoms with E-state index in [1.165, 1.54) is 7.11 Å². The van der Waals surface area contributed by atoms with E-state index in [2.05, 4.69) is 0 Å². The summed E-state index contributed by atoms with van der Waals surface area (Å²) in [5.74, 6) is 0.192. The second-order valence-corrected chi connectivity index (χ2v) is 3.63. The van der Waals surface area contributed by atoms with Crippen molar-refractivity contribution >= 4 is 5.97 Å². The molecule has 0 saturated heterocycles. The molecule has 0 aliphatic rings. The average Bonchev–Trinajstić information content (AvgIpc) is 2.39. The zero-order valence-corrected chi connectivity index (χ0v) is 10.2. The van der Waals surface area contributed by atoms with E-state index in [1.54, 1.807) is 7.11 Å². The fraction of sp³-hybridized carbons (Fsp3) is 0.462. The number of rotatable bonds is 7. The zero-order chi connectivity index (χ0) is 12.5. The van der Waals surface area contributed by atoms with Crippen LogP contribution in [0.2, 0.25) is 0 Å². The van der Waals surface area contributed by atoms with Crippen LogP contribution in [0.4, 0.5) is 0 Å². The van der Waals surface area contributed by atoms with E-state index in [0.29, 0.717) is 19.6 Å². The lowest BCUT2D eigenvalue weighted by Gasteiger charge is -2.15. The Balaban J connectivity index is 2.46. The minimum absolute atomic E-state index is 0.266. The van der Waals surface area contributed by atoms with E-state index in [4.69, 9.17) is 14.2 Å². The third-order valence-electron chi connectivity index (χ3n) is 2.40. The van der Waals surface area contributed by atoms with Crippen molar-refractivity contribution in [2.75, 3.05) is 27.4 Å². The van der Waals surface area contributed by atoms with Gasteiger partial charge in [0.1, 0.15) is 12.4 Å². The largest absolute Gasteiger partial charge is 0.493 e. The van der Waals surface area contributed by atoms with Crippen LogP contribution in [-0.4, -0.2) is 33.4 Å². The predicted molar refractivity (Wildman–Crippen MR) is 63.9 cm³/mol. The van der Waals surface area contributed by atoms with Crippen LogP contribution in [-0.2, 0) is 14.3 Å². The summed E-state index contributed by atoms with van der Waals surface area (Å²) in [6.07, 6.45) is 0.593. The lowest BCUT2D eigenvalue weighted by molar-refractivity contribution is -0.147. The van der Waals surface area contributed by atoms with E-state index < -0.39 is 0 Å². The third-order valence-corrected chi connectivity index (χ3v) is 2.40. The highest BCUT2D eigenvalue weighted by Gasteiger charge is 2.19. The SMILES string of the molecule is COCCC(COc1ccccc1)C(=O)OC. The van der Waals surface area contributed by atoms with Crippen molar-refractivity contribution in [2.45, 2.75) is 6.42 Å². The average molecular weight is 238 g/mol. The Morgan fingerprint density at radius 1 is 1.24 bits per heavy atom. The molecule has 0 heterocycles. The van der Waals surface area contributed by atoms with Gasteiger partial charge >= 0.3 is 5.97 Å². The summed E-state index contributed by atoms with van der Waals surface area (Å²) in [5.41, 5.74) is 0. The number of carbonyl (C=O) groups excluding carboxylic acids is 1. The van der Waals surface area contributed by atoms with E-state index >= 15 is 0 Å². The predicted octanol–water partition coefficient (Wildman–Crippen LogP) is 1.89. The van der Waals surface area contributed by atoms with Crippen LogP contribution in [0.3, 0.4) is 0 Å². The Morgan fingerprint density at radius 3 is 2.53 bits per heavy atom. The van der Waals surface area contributed by atoms with Gasteiger partial charge in [0, 0.05) is 13.7 Å². The van der Waals surface area contributed by atoms with Gasteiger partial charge < -0.3 is 14.2 Å². The molecule has 94 valence electrons. The van der Waals surface area contributed by atoms with Crippen LogP contribution in [0.15, 0.2) is 30.3 Å². The lowest BCUT2D eigenvalue weighted by atomic mass is 10.1. The standard InChI is InChI=1S/C13H18O4/c1-15-9-8-11(13(14)16-2)10-17-12-6-4-3-5-7-12/h3-7,11H,8-10H2,1-2H3. The maximum Gasteiger partial charge on any atom is 0.312 e. The Labute approximate surface area is 101 Å². The van der Waals surface area contributed by atoms with Crippen molar-refractivity contribution < 1.29 is 19.0 Å². The van der Waals surface area contributed by atoms with Crippen molar-refractivity contribution in [3.05, 3.63) is 30.3 Å². The number of hydrogen-bond donors (Lipinski definition) is 0. The number of para-hydroxylation sites is 1. The van der Waals surface area contributed by atoms with Gasteiger partial charge in [-0.05, 0) is 18.6 Å². The highest BCUT2D eigenvalue weighted by molar-refractivity contribution is 5.72. The van der Waals surface area contributed by atoms with Crippen LogP contribution < -0.4 is 4.74 Å². The molecule has 1 aromatic carbocycles. The van der Waals surface area contributed by atoms with Crippen LogP contribution in [0.5, 0.6) is 5.75 Å². The highest BCUT2D eigenvalue weighted by Crippen LogP contribution is 2.12. The summed E-state index contributed by atoms with van der Waals surface area (Å²) < 4.78 is 15.2. The Kier molecular flexibility index (Phi) is 6.10. The number of hydrogen-bond acceptors (Lipinski definition) is 4. The fourth-order valence-electron chi connectivity index (χ4n) is 1.41. The summed E-state index contributed by atoms with van der Waals surface area (Å²) in [5, 5.41) is 0. The molecule has 1 rings (SSSR count). The van der Waals surface area contributed by atoms with Crippen molar-refractivity contribution in [3.63, 3.8) is 0 Å². The highest BCUT2D eigenvalue weighted by atomic mass is 16.5. The molecule has 4 nitrogen and oxygen atoms in total. The van der Waals surface area contributed by atoms with E-state index in [0.717, 1.165) is 5.75 Å². The molecule has 0 aliphatic heterocycles. The summed E-state index contributed by atoms with van der Waals surface area (Å²) in [6, 6.07) is 9.39. The normalized spacial score (nSPS) is 11.9. The maximum absolute atomic E-state index is 11.5. The molecular weight excluding hydrogens is 220 g/mol. The first-order valence-corrected chi connectivity index (χ1v) is 5.52. The van der Waals surface area contributed by atoms with Crippen LogP contribution in [0.25, 0.3) is 0 Å². The molecule has 0 spiro atoms. The van der Waals surface area contributed by atoms with Gasteiger partial charge in [-0.15, -0.1) is 0 Å². The molecule has 17 heavy (non-hydrogen) atoms. The van der Waals surface area contributed by atoms with Crippen molar-refractivity contribution in [1.82, 2.24) is 0 Å². The number of carbonyl (C=O) groups is 1. The molecule has 1 aromatic rings. The second-order valence-electron chi connectivity index (χ2n) is 3.63. The third kappa shape index (κ3) is 4.87. The molecular formula is C13H18O4. The summed E-state index contributed by atoms with van der Waals surface area (Å²) >= 11 is 0. The second kappa shape index (κ2) is 7.68. The molecule has 1 atom stereocenters. The molecule has 0 aromatic heterocycles. The first kappa shape index (κ1) is 13.5. The molecule has 4 heteroatoms. The summed E-state index contributed by atoms with van der Waals surface area (Å²) in [7, 11) is 2.98. The summed E-state index contributed by atoms with van der Waals surface area (Å²) in [6.45, 7) is 0.817. The van der Waals surface area contributed by atoms with Gasteiger partial charge in [-0.25, -0.2) is 0 Å². The first-order chi connectivity index (χ1) is 8.27. The van der Waals surface area contributed by atoms with Gasteiger partial charge in [0.05, 0.1) is 13.0 Å². The molecule has 0 N–H and O–H groups in total. The van der Waals surface area contributed by atoms with Gasteiger partial charge in [0.25, 0.3) is 0 Å². The summed E-state index contributed by atoms with van der Waals surface area (Å²) in [4.78, 5) is 11.5. The van der Waals surface area contributed by atoms with Crippen LogP contribution >= 0.6 is 0 Å². The van der Waals surface area contributed by atoms with Crippen molar-refractivity contribution in [1.29, 1.82) is 0 Å². The van der Waals surface area contributed by atoms with Gasteiger partial charge in [0.2, 0.25) is 0 Å². The van der Waals surface area contributed by atoms with Crippen molar-refractivity contribution in [2.24, 2.45) is 5.92 Å². The van der Waals surface area contributed by atoms with Crippen LogP contribution in [0, 0.1) is 5.92 Å². The maximum atomic E-state index is 11.5. The monoisotopic (exact) mass is 238 g/mol. The Hall–Kier alpha value is -1.55. The van der Waals surface area contributed by atoms with Gasteiger partial charge in [-0.1, -0.05) is 18.2 Å². The molecule has 0 bridgehead atoms. The fourth-order valence-corrected chi connectivity index (χ4v) is 1.41. The molecule has 0 aliphatic carbocycles. The minimum atomic E-state index is -0.292. The number of benzene rings is 1. The molecule has 0 radical (unpaired) electrons. The lowest BCUT2D eigenvalue weighted by Crippen LogP contribution is -2.24. The van der Waals surface area contributed by atoms with E-state index in [1.807, 2.05) is 30.3 Å². The van der Waals surface area contributed by atoms with E-state index in [-0.39, 0.29) is 11.9 Å². The Bertz CT molecular complexity index is 323. The minimum Gasteiger partial charge on any atom is -0.493 e. The molecule has 1 unspecified atom stereocenters. The molecule has 0 amide bonds.